The minimum atomic E-state index is -1.39. The summed E-state index contributed by atoms with van der Waals surface area (Å²) in [5.41, 5.74) is 5.79. The van der Waals surface area contributed by atoms with Crippen molar-refractivity contribution in [2.45, 2.75) is 23.8 Å². The highest BCUT2D eigenvalue weighted by molar-refractivity contribution is 7.85. The minimum Gasteiger partial charge on any atom is -0.327 e. The van der Waals surface area contributed by atoms with Gasteiger partial charge in [-0.15, -0.1) is 0 Å². The molecule has 0 aliphatic heterocycles. The maximum Gasteiger partial charge on any atom is 0.285 e. The van der Waals surface area contributed by atoms with Crippen LogP contribution in [0.4, 0.5) is 5.69 Å². The molecule has 0 radical (unpaired) electrons. The van der Waals surface area contributed by atoms with Crippen molar-refractivity contribution in [1.29, 1.82) is 0 Å². The lowest BCUT2D eigenvalue weighted by Crippen LogP contribution is -2.29. The Morgan fingerprint density at radius 1 is 1.47 bits per heavy atom. The molecule has 17 heavy (non-hydrogen) atoms. The van der Waals surface area contributed by atoms with E-state index in [0.717, 1.165) is 12.8 Å². The number of nitrogens with two attached hydrogens (primary N) is 1. The highest BCUT2D eigenvalue weighted by Crippen LogP contribution is 2.32. The third-order valence-corrected chi connectivity index (χ3v) is 4.40. The number of nitro benzene ring substituents is 1. The number of rotatable bonds is 5. The smallest absolute Gasteiger partial charge is 0.285 e. The van der Waals surface area contributed by atoms with Crippen LogP contribution in [0.5, 0.6) is 0 Å². The summed E-state index contributed by atoms with van der Waals surface area (Å²) in [5.74, 6) is 0.747. The first kappa shape index (κ1) is 12.2. The van der Waals surface area contributed by atoms with Gasteiger partial charge in [0.25, 0.3) is 5.69 Å². The molecule has 1 aromatic carbocycles. The molecule has 0 aromatic heterocycles. The number of nitrogens with zero attached hydrogens (tertiary/aromatic N) is 1. The van der Waals surface area contributed by atoms with E-state index in [-0.39, 0.29) is 16.6 Å². The lowest BCUT2D eigenvalue weighted by atomic mass is 10.2. The van der Waals surface area contributed by atoms with Crippen LogP contribution in [0.1, 0.15) is 12.8 Å². The largest absolute Gasteiger partial charge is 0.327 e. The Kier molecular flexibility index (Phi) is 3.54. The Bertz CT molecular complexity index is 460. The van der Waals surface area contributed by atoms with Gasteiger partial charge in [-0.25, -0.2) is 0 Å². The van der Waals surface area contributed by atoms with Crippen LogP contribution < -0.4 is 5.73 Å². The first-order valence-corrected chi connectivity index (χ1v) is 6.79. The van der Waals surface area contributed by atoms with Crippen LogP contribution in [-0.2, 0) is 10.8 Å². The molecule has 1 aromatic rings. The molecule has 2 rings (SSSR count). The second kappa shape index (κ2) is 4.93. The minimum absolute atomic E-state index is 0.0890. The molecule has 2 atom stereocenters. The molecule has 2 unspecified atom stereocenters. The van der Waals surface area contributed by atoms with E-state index in [1.807, 2.05) is 0 Å². The van der Waals surface area contributed by atoms with Gasteiger partial charge in [-0.2, -0.15) is 0 Å². The highest BCUT2D eigenvalue weighted by Gasteiger charge is 2.30. The fourth-order valence-electron chi connectivity index (χ4n) is 1.73. The third kappa shape index (κ3) is 2.89. The van der Waals surface area contributed by atoms with Gasteiger partial charge in [-0.3, -0.25) is 14.3 Å². The third-order valence-electron chi connectivity index (χ3n) is 2.88. The van der Waals surface area contributed by atoms with Crippen molar-refractivity contribution < 1.29 is 9.13 Å². The number of nitro groups is 1. The molecular weight excluding hydrogens is 240 g/mol. The van der Waals surface area contributed by atoms with Crippen LogP contribution >= 0.6 is 0 Å². The van der Waals surface area contributed by atoms with Crippen LogP contribution in [0.15, 0.2) is 29.2 Å². The van der Waals surface area contributed by atoms with Crippen molar-refractivity contribution >= 4 is 16.5 Å². The van der Waals surface area contributed by atoms with Gasteiger partial charge < -0.3 is 5.73 Å². The zero-order valence-electron chi connectivity index (χ0n) is 9.24. The second-order valence-electron chi connectivity index (χ2n) is 4.24. The average Bonchev–Trinajstić information content (AvgIpc) is 3.12. The Hall–Kier alpha value is -1.27. The highest BCUT2D eigenvalue weighted by atomic mass is 32.2. The molecule has 0 heterocycles. The molecular formula is C11H14N2O3S. The van der Waals surface area contributed by atoms with Gasteiger partial charge in [0.2, 0.25) is 0 Å². The maximum atomic E-state index is 12.0. The summed E-state index contributed by atoms with van der Waals surface area (Å²) in [6, 6.07) is 6.02. The van der Waals surface area contributed by atoms with E-state index in [2.05, 4.69) is 0 Å². The standard InChI is InChI=1S/C11H14N2O3S/c12-9(8-5-6-8)7-17(16)11-4-2-1-3-10(11)13(14)15/h1-4,8-9H,5-7,12H2. The quantitative estimate of drug-likeness (QED) is 0.636. The maximum absolute atomic E-state index is 12.0. The SMILES string of the molecule is NC(CS(=O)c1ccccc1[N+](=O)[O-])C1CC1. The summed E-state index contributed by atoms with van der Waals surface area (Å²) in [4.78, 5) is 10.6. The molecule has 2 N–H and O–H groups in total. The van der Waals surface area contributed by atoms with E-state index < -0.39 is 15.7 Å². The molecule has 6 heteroatoms. The van der Waals surface area contributed by atoms with Gasteiger partial charge >= 0.3 is 0 Å². The predicted octanol–water partition coefficient (Wildman–Crippen LogP) is 1.44. The predicted molar refractivity (Wildman–Crippen MR) is 65.1 cm³/mol. The van der Waals surface area contributed by atoms with Crippen molar-refractivity contribution in [2.24, 2.45) is 11.7 Å². The fourth-order valence-corrected chi connectivity index (χ4v) is 3.13. The Morgan fingerprint density at radius 2 is 2.12 bits per heavy atom. The summed E-state index contributed by atoms with van der Waals surface area (Å²) >= 11 is 0. The second-order valence-corrected chi connectivity index (χ2v) is 5.70. The monoisotopic (exact) mass is 254 g/mol. The summed E-state index contributed by atoms with van der Waals surface area (Å²) in [6.45, 7) is 0. The number of benzene rings is 1. The van der Waals surface area contributed by atoms with Gasteiger partial charge in [0.05, 0.1) is 15.7 Å². The summed E-state index contributed by atoms with van der Waals surface area (Å²) in [5, 5.41) is 10.8. The van der Waals surface area contributed by atoms with Gasteiger partial charge in [0.1, 0.15) is 4.90 Å². The molecule has 92 valence electrons. The van der Waals surface area contributed by atoms with Crippen LogP contribution in [0.2, 0.25) is 0 Å². The Morgan fingerprint density at radius 3 is 2.71 bits per heavy atom. The molecule has 1 aliphatic rings. The number of para-hydroxylation sites is 1. The Balaban J connectivity index is 2.15. The van der Waals surface area contributed by atoms with Crippen LogP contribution in [0.25, 0.3) is 0 Å². The zero-order chi connectivity index (χ0) is 12.4. The van der Waals surface area contributed by atoms with E-state index in [1.54, 1.807) is 12.1 Å². The van der Waals surface area contributed by atoms with Crippen LogP contribution in [0, 0.1) is 16.0 Å². The fraction of sp³-hybridized carbons (Fsp3) is 0.455. The number of hydrogen-bond acceptors (Lipinski definition) is 4. The first-order chi connectivity index (χ1) is 8.09. The molecule has 0 saturated heterocycles. The summed E-state index contributed by atoms with van der Waals surface area (Å²) < 4.78 is 12.0. The van der Waals surface area contributed by atoms with E-state index in [9.17, 15) is 14.3 Å². The van der Waals surface area contributed by atoms with Crippen molar-refractivity contribution in [3.05, 3.63) is 34.4 Å². The van der Waals surface area contributed by atoms with Crippen LogP contribution in [-0.4, -0.2) is 20.9 Å². The van der Waals surface area contributed by atoms with Crippen molar-refractivity contribution in [2.75, 3.05) is 5.75 Å². The van der Waals surface area contributed by atoms with Crippen molar-refractivity contribution in [3.8, 4) is 0 Å². The summed E-state index contributed by atoms with van der Waals surface area (Å²) in [6.07, 6.45) is 2.16. The van der Waals surface area contributed by atoms with Crippen LogP contribution in [0.3, 0.4) is 0 Å². The average molecular weight is 254 g/mol. The zero-order valence-corrected chi connectivity index (χ0v) is 10.1. The molecule has 1 saturated carbocycles. The normalized spacial score (nSPS) is 18.6. The van der Waals surface area contributed by atoms with E-state index >= 15 is 0 Å². The van der Waals surface area contributed by atoms with Gasteiger partial charge in [-0.1, -0.05) is 12.1 Å². The molecule has 1 fully saturated rings. The molecule has 5 nitrogen and oxygen atoms in total. The van der Waals surface area contributed by atoms with Gasteiger partial charge in [0, 0.05) is 17.9 Å². The lowest BCUT2D eigenvalue weighted by Gasteiger charge is -2.09. The lowest BCUT2D eigenvalue weighted by molar-refractivity contribution is -0.387. The number of hydrogen-bond donors (Lipinski definition) is 1. The van der Waals surface area contributed by atoms with Gasteiger partial charge in [-0.05, 0) is 24.8 Å². The molecule has 1 aliphatic carbocycles. The van der Waals surface area contributed by atoms with Crippen molar-refractivity contribution in [1.82, 2.24) is 0 Å². The first-order valence-electron chi connectivity index (χ1n) is 5.47. The van der Waals surface area contributed by atoms with E-state index in [1.165, 1.54) is 12.1 Å². The molecule has 0 amide bonds. The topological polar surface area (TPSA) is 86.2 Å². The summed E-state index contributed by atoms with van der Waals surface area (Å²) in [7, 11) is -1.39. The van der Waals surface area contributed by atoms with Gasteiger partial charge in [0.15, 0.2) is 0 Å². The van der Waals surface area contributed by atoms with Crippen molar-refractivity contribution in [3.63, 3.8) is 0 Å². The van der Waals surface area contributed by atoms with E-state index in [0.29, 0.717) is 11.7 Å². The molecule has 0 spiro atoms. The molecule has 0 bridgehead atoms. The van der Waals surface area contributed by atoms with E-state index in [4.69, 9.17) is 5.73 Å². The Labute approximate surface area is 102 Å².